The summed E-state index contributed by atoms with van der Waals surface area (Å²) in [5.41, 5.74) is 3.20. The second-order valence-corrected chi connectivity index (χ2v) is 8.84. The van der Waals surface area contributed by atoms with Crippen LogP contribution in [-0.2, 0) is 9.59 Å². The van der Waals surface area contributed by atoms with Crippen LogP contribution in [-0.4, -0.2) is 18.4 Å². The van der Waals surface area contributed by atoms with Gasteiger partial charge in [0.25, 0.3) is 11.8 Å². The van der Waals surface area contributed by atoms with Crippen molar-refractivity contribution in [2.24, 2.45) is 0 Å². The Morgan fingerprint density at radius 3 is 2.43 bits per heavy atom. The summed E-state index contributed by atoms with van der Waals surface area (Å²) in [6, 6.07) is 16.8. The van der Waals surface area contributed by atoms with Gasteiger partial charge in [-0.15, -0.1) is 0 Å². The average Bonchev–Trinajstić information content (AvgIpc) is 2.81. The lowest BCUT2D eigenvalue weighted by Crippen LogP contribution is -2.20. The zero-order valence-electron chi connectivity index (χ0n) is 18.8. The van der Waals surface area contributed by atoms with E-state index < -0.39 is 11.8 Å². The highest BCUT2D eigenvalue weighted by atomic mass is 35.5. The largest absolute Gasteiger partial charge is 0.483 e. The van der Waals surface area contributed by atoms with E-state index in [2.05, 4.69) is 10.6 Å². The Morgan fingerprint density at radius 2 is 1.74 bits per heavy atom. The van der Waals surface area contributed by atoms with E-state index in [9.17, 15) is 14.9 Å². The fraction of sp³-hybridized carbons (Fsp3) is 0.115. The SMILES string of the molecule is Cc1ccc(NC(=O)/C(C#N)=C/c2cc(Cl)ccc2OCC(=O)Nc2ccc(Cl)c(Cl)c2)c(C)c1. The minimum Gasteiger partial charge on any atom is -0.483 e. The first-order chi connectivity index (χ1) is 16.7. The number of amides is 2. The van der Waals surface area contributed by atoms with Crippen LogP contribution in [0.25, 0.3) is 6.08 Å². The second-order valence-electron chi connectivity index (χ2n) is 7.59. The van der Waals surface area contributed by atoms with Crippen LogP contribution in [0.3, 0.4) is 0 Å². The molecule has 0 heterocycles. The van der Waals surface area contributed by atoms with E-state index in [1.165, 1.54) is 18.2 Å². The van der Waals surface area contributed by atoms with Gasteiger partial charge in [-0.3, -0.25) is 9.59 Å². The van der Waals surface area contributed by atoms with Crippen LogP contribution in [0, 0.1) is 25.2 Å². The van der Waals surface area contributed by atoms with Crippen LogP contribution < -0.4 is 15.4 Å². The molecule has 0 unspecified atom stereocenters. The quantitative estimate of drug-likeness (QED) is 0.260. The van der Waals surface area contributed by atoms with Gasteiger partial charge >= 0.3 is 0 Å². The molecule has 3 rings (SSSR count). The molecule has 0 saturated carbocycles. The Labute approximate surface area is 218 Å². The molecule has 0 atom stereocenters. The van der Waals surface area contributed by atoms with Gasteiger partial charge in [-0.2, -0.15) is 5.26 Å². The van der Waals surface area contributed by atoms with Crippen LogP contribution in [0.5, 0.6) is 5.75 Å². The number of halogens is 3. The molecule has 35 heavy (non-hydrogen) atoms. The lowest BCUT2D eigenvalue weighted by molar-refractivity contribution is -0.118. The number of rotatable bonds is 7. The normalized spacial score (nSPS) is 10.9. The van der Waals surface area contributed by atoms with Crippen molar-refractivity contribution in [3.05, 3.63) is 91.9 Å². The number of nitriles is 1. The highest BCUT2D eigenvalue weighted by Crippen LogP contribution is 2.27. The Hall–Kier alpha value is -3.50. The molecule has 3 aromatic rings. The molecule has 178 valence electrons. The molecule has 9 heteroatoms. The number of ether oxygens (including phenoxy) is 1. The molecule has 0 fully saturated rings. The van der Waals surface area contributed by atoms with Gasteiger partial charge in [0, 0.05) is 22.0 Å². The number of nitrogens with zero attached hydrogens (tertiary/aromatic N) is 1. The second kappa shape index (κ2) is 11.8. The van der Waals surface area contributed by atoms with Gasteiger partial charge in [0.1, 0.15) is 17.4 Å². The third-order valence-corrected chi connectivity index (χ3v) is 5.80. The topological polar surface area (TPSA) is 91.2 Å². The van der Waals surface area contributed by atoms with Crippen molar-refractivity contribution in [1.29, 1.82) is 5.26 Å². The highest BCUT2D eigenvalue weighted by Gasteiger charge is 2.14. The van der Waals surface area contributed by atoms with Crippen molar-refractivity contribution in [3.63, 3.8) is 0 Å². The van der Waals surface area contributed by atoms with Crippen molar-refractivity contribution in [1.82, 2.24) is 0 Å². The Morgan fingerprint density at radius 1 is 0.971 bits per heavy atom. The third-order valence-electron chi connectivity index (χ3n) is 4.83. The number of hydrogen-bond donors (Lipinski definition) is 2. The maximum absolute atomic E-state index is 12.7. The number of carbonyl (C=O) groups excluding carboxylic acids is 2. The first-order valence-electron chi connectivity index (χ1n) is 10.3. The van der Waals surface area contributed by atoms with Crippen LogP contribution in [0.15, 0.2) is 60.2 Å². The number of anilines is 2. The average molecular weight is 529 g/mol. The Bertz CT molecular complexity index is 1360. The van der Waals surface area contributed by atoms with Gasteiger partial charge < -0.3 is 15.4 Å². The Kier molecular flexibility index (Phi) is 8.78. The molecule has 0 saturated heterocycles. The molecule has 0 aliphatic rings. The first kappa shape index (κ1) is 26.1. The number of aryl methyl sites for hydroxylation is 2. The molecule has 0 aliphatic carbocycles. The van der Waals surface area contributed by atoms with Crippen LogP contribution in [0.4, 0.5) is 11.4 Å². The van der Waals surface area contributed by atoms with Crippen molar-refractivity contribution in [3.8, 4) is 11.8 Å². The number of benzene rings is 3. The molecule has 3 aromatic carbocycles. The fourth-order valence-electron chi connectivity index (χ4n) is 3.13. The zero-order chi connectivity index (χ0) is 25.5. The standard InChI is InChI=1S/C26H20Cl3N3O3/c1-15-3-7-23(16(2)9-15)32-26(34)18(13-30)10-17-11-19(27)4-8-24(17)35-14-25(33)31-20-5-6-21(28)22(29)12-20/h3-12H,14H2,1-2H3,(H,31,33)(H,32,34)/b18-10+. The molecular formula is C26H20Cl3N3O3. The molecule has 0 spiro atoms. The summed E-state index contributed by atoms with van der Waals surface area (Å²) in [5.74, 6) is -0.755. The summed E-state index contributed by atoms with van der Waals surface area (Å²) in [6.45, 7) is 3.48. The lowest BCUT2D eigenvalue weighted by atomic mass is 10.1. The molecule has 2 amide bonds. The number of carbonyl (C=O) groups is 2. The van der Waals surface area contributed by atoms with Crippen molar-refractivity contribution in [2.75, 3.05) is 17.2 Å². The van der Waals surface area contributed by atoms with E-state index in [0.29, 0.717) is 32.0 Å². The van der Waals surface area contributed by atoms with Crippen molar-refractivity contribution < 1.29 is 14.3 Å². The molecule has 6 nitrogen and oxygen atoms in total. The van der Waals surface area contributed by atoms with E-state index in [1.807, 2.05) is 32.0 Å². The van der Waals surface area contributed by atoms with Crippen LogP contribution in [0.1, 0.15) is 16.7 Å². The molecule has 0 bridgehead atoms. The zero-order valence-corrected chi connectivity index (χ0v) is 21.1. The molecule has 2 N–H and O–H groups in total. The van der Waals surface area contributed by atoms with E-state index in [1.54, 1.807) is 30.3 Å². The summed E-state index contributed by atoms with van der Waals surface area (Å²) >= 11 is 18.0. The third kappa shape index (κ3) is 7.24. The summed E-state index contributed by atoms with van der Waals surface area (Å²) in [7, 11) is 0. The highest BCUT2D eigenvalue weighted by molar-refractivity contribution is 6.42. The maximum Gasteiger partial charge on any atom is 0.266 e. The summed E-state index contributed by atoms with van der Waals surface area (Å²) in [4.78, 5) is 25.1. The predicted octanol–water partition coefficient (Wildman–Crippen LogP) is 6.83. The number of nitrogens with one attached hydrogen (secondary N) is 2. The smallest absolute Gasteiger partial charge is 0.266 e. The minimum atomic E-state index is -0.581. The molecule has 0 radical (unpaired) electrons. The van der Waals surface area contributed by atoms with Crippen molar-refractivity contribution >= 4 is 64.1 Å². The van der Waals surface area contributed by atoms with Gasteiger partial charge in [0.2, 0.25) is 0 Å². The first-order valence-corrected chi connectivity index (χ1v) is 11.5. The van der Waals surface area contributed by atoms with Crippen molar-refractivity contribution in [2.45, 2.75) is 13.8 Å². The van der Waals surface area contributed by atoms with Gasteiger partial charge in [0.15, 0.2) is 6.61 Å². The summed E-state index contributed by atoms with van der Waals surface area (Å²) < 4.78 is 5.64. The summed E-state index contributed by atoms with van der Waals surface area (Å²) in [5, 5.41) is 16.0. The predicted molar refractivity (Wildman–Crippen MR) is 140 cm³/mol. The minimum absolute atomic E-state index is 0.155. The van der Waals surface area contributed by atoms with Gasteiger partial charge in [-0.05, 0) is 68.0 Å². The summed E-state index contributed by atoms with van der Waals surface area (Å²) in [6.07, 6.45) is 1.36. The van der Waals surface area contributed by atoms with Gasteiger partial charge in [-0.1, -0.05) is 52.5 Å². The van der Waals surface area contributed by atoms with E-state index in [-0.39, 0.29) is 17.9 Å². The number of hydrogen-bond acceptors (Lipinski definition) is 4. The van der Waals surface area contributed by atoms with E-state index >= 15 is 0 Å². The van der Waals surface area contributed by atoms with E-state index in [4.69, 9.17) is 39.5 Å². The lowest BCUT2D eigenvalue weighted by Gasteiger charge is -2.12. The molecule has 0 aromatic heterocycles. The van der Waals surface area contributed by atoms with Crippen LogP contribution in [0.2, 0.25) is 15.1 Å². The maximum atomic E-state index is 12.7. The molecule has 0 aliphatic heterocycles. The van der Waals surface area contributed by atoms with Gasteiger partial charge in [-0.25, -0.2) is 0 Å². The monoisotopic (exact) mass is 527 g/mol. The fourth-order valence-corrected chi connectivity index (χ4v) is 3.60. The Balaban J connectivity index is 1.75. The van der Waals surface area contributed by atoms with Gasteiger partial charge in [0.05, 0.1) is 10.0 Å². The van der Waals surface area contributed by atoms with E-state index in [0.717, 1.165) is 11.1 Å². The molecular weight excluding hydrogens is 509 g/mol. The van der Waals surface area contributed by atoms with Crippen LogP contribution >= 0.6 is 34.8 Å².